The first-order valence-corrected chi connectivity index (χ1v) is 8.73. The van der Waals surface area contributed by atoms with Gasteiger partial charge in [0.25, 0.3) is 0 Å². The molecule has 88 valence electrons. The number of rotatable bonds is 6. The van der Waals surface area contributed by atoms with E-state index in [4.69, 9.17) is 0 Å². The molecule has 0 saturated carbocycles. The van der Waals surface area contributed by atoms with E-state index in [2.05, 4.69) is 57.2 Å². The summed E-state index contributed by atoms with van der Waals surface area (Å²) in [6.45, 7) is 6.77. The van der Waals surface area contributed by atoms with E-state index in [1.807, 2.05) is 11.8 Å². The van der Waals surface area contributed by atoms with Crippen LogP contribution in [0.5, 0.6) is 0 Å². The van der Waals surface area contributed by atoms with Gasteiger partial charge in [0.05, 0.1) is 0 Å². The predicted octanol–water partition coefficient (Wildman–Crippen LogP) is 4.56. The Kier molecular flexibility index (Phi) is 6.95. The van der Waals surface area contributed by atoms with Crippen LogP contribution in [-0.4, -0.2) is 15.0 Å². The zero-order chi connectivity index (χ0) is 11.8. The maximum atomic E-state index is 2.30. The zero-order valence-electron chi connectivity index (χ0n) is 10.3. The molecule has 0 bridgehead atoms. The molecule has 0 aromatic heterocycles. The van der Waals surface area contributed by atoms with Gasteiger partial charge in [0.15, 0.2) is 0 Å². The molecule has 0 amide bonds. The van der Waals surface area contributed by atoms with Crippen LogP contribution >= 0.6 is 11.8 Å². The van der Waals surface area contributed by atoms with Crippen molar-refractivity contribution < 1.29 is 0 Å². The number of benzene rings is 1. The molecule has 0 heterocycles. The molecule has 0 saturated heterocycles. The van der Waals surface area contributed by atoms with E-state index >= 15 is 0 Å². The van der Waals surface area contributed by atoms with E-state index in [0.717, 1.165) is 11.7 Å². The summed E-state index contributed by atoms with van der Waals surface area (Å²) in [7, 11) is 0. The van der Waals surface area contributed by atoms with Crippen LogP contribution in [0.4, 0.5) is 0 Å². The molecule has 1 aromatic carbocycles. The van der Waals surface area contributed by atoms with Crippen LogP contribution in [0.15, 0.2) is 40.2 Å². The second-order valence-electron chi connectivity index (χ2n) is 4.09. The molecule has 0 atom stereocenters. The molecule has 1 aromatic rings. The Bertz CT molecular complexity index is 317. The average molecular weight is 299 g/mol. The maximum absolute atomic E-state index is 2.30. The minimum absolute atomic E-state index is 0.669. The van der Waals surface area contributed by atoms with Crippen molar-refractivity contribution in [3.05, 3.63) is 45.8 Å². The fourth-order valence-corrected chi connectivity index (χ4v) is 4.58. The first kappa shape index (κ1) is 13.9. The molecular weight excluding hydrogens is 279 g/mol. The van der Waals surface area contributed by atoms with Crippen molar-refractivity contribution in [2.24, 2.45) is 5.92 Å². The van der Waals surface area contributed by atoms with Crippen LogP contribution in [0.3, 0.4) is 0 Å². The fraction of sp³-hybridized carbons (Fsp3) is 0.429. The van der Waals surface area contributed by atoms with E-state index in [1.54, 1.807) is 3.80 Å². The van der Waals surface area contributed by atoms with Gasteiger partial charge in [-0.1, -0.05) is 0 Å². The van der Waals surface area contributed by atoms with Crippen molar-refractivity contribution in [2.45, 2.75) is 31.8 Å². The second kappa shape index (κ2) is 8.00. The molecule has 0 aliphatic rings. The molecule has 0 spiro atoms. The molecule has 16 heavy (non-hydrogen) atoms. The zero-order valence-corrected chi connectivity index (χ0v) is 12.8. The summed E-state index contributed by atoms with van der Waals surface area (Å²) < 4.78 is 1.59. The number of hydrogen-bond acceptors (Lipinski definition) is 1. The van der Waals surface area contributed by atoms with Crippen molar-refractivity contribution in [2.75, 3.05) is 0 Å². The Morgan fingerprint density at radius 3 is 2.56 bits per heavy atom. The Balaban J connectivity index is 2.35. The van der Waals surface area contributed by atoms with E-state index < -0.39 is 0 Å². The van der Waals surface area contributed by atoms with E-state index in [9.17, 15) is 0 Å². The summed E-state index contributed by atoms with van der Waals surface area (Å²) >= 11 is 2.67. The van der Waals surface area contributed by atoms with Gasteiger partial charge < -0.3 is 0 Å². The first-order chi connectivity index (χ1) is 7.72. The Morgan fingerprint density at radius 1 is 1.31 bits per heavy atom. The molecular formula is C14H20SSe. The van der Waals surface area contributed by atoms with Gasteiger partial charge >= 0.3 is 110 Å². The summed E-state index contributed by atoms with van der Waals surface area (Å²) in [5.41, 5.74) is 1.42. The van der Waals surface area contributed by atoms with Gasteiger partial charge in [-0.25, -0.2) is 0 Å². The van der Waals surface area contributed by atoms with Crippen LogP contribution in [0.25, 0.3) is 0 Å². The summed E-state index contributed by atoms with van der Waals surface area (Å²) in [4.78, 5) is 0. The molecule has 0 unspecified atom stereocenters. The van der Waals surface area contributed by atoms with E-state index in [0.29, 0.717) is 15.0 Å². The third-order valence-electron chi connectivity index (χ3n) is 2.02. The van der Waals surface area contributed by atoms with Gasteiger partial charge in [-0.05, 0) is 0 Å². The normalized spacial score (nSPS) is 12.1. The van der Waals surface area contributed by atoms with Crippen LogP contribution in [0.2, 0.25) is 5.32 Å². The Hall–Kier alpha value is -0.171. The molecule has 0 radical (unpaired) electrons. The Labute approximate surface area is 110 Å². The van der Waals surface area contributed by atoms with Crippen LogP contribution in [0.1, 0.15) is 26.3 Å². The minimum atomic E-state index is 0.669. The van der Waals surface area contributed by atoms with Crippen molar-refractivity contribution in [3.63, 3.8) is 0 Å². The molecule has 0 aliphatic carbocycles. The standard InChI is InChI=1S/C14H20SSe/c1-4-14(16-11-12(2)3)15-10-13-8-6-5-7-9-13/h4-9,12H,10-11H2,1-3H3/b14-4-. The summed E-state index contributed by atoms with van der Waals surface area (Å²) in [6.07, 6.45) is 2.29. The summed E-state index contributed by atoms with van der Waals surface area (Å²) in [5, 5.41) is 1.36. The second-order valence-corrected chi connectivity index (χ2v) is 7.92. The third kappa shape index (κ3) is 5.79. The van der Waals surface area contributed by atoms with E-state index in [1.165, 1.54) is 10.9 Å². The average Bonchev–Trinajstić information content (AvgIpc) is 2.30. The SMILES string of the molecule is C/C=C(/SCc1ccccc1)[Se]CC(C)C. The van der Waals surface area contributed by atoms with Gasteiger partial charge in [0, 0.05) is 0 Å². The van der Waals surface area contributed by atoms with Crippen LogP contribution in [0, 0.1) is 5.92 Å². The quantitative estimate of drug-likeness (QED) is 0.694. The van der Waals surface area contributed by atoms with Gasteiger partial charge in [-0.2, -0.15) is 0 Å². The number of hydrogen-bond donors (Lipinski definition) is 0. The molecule has 0 nitrogen and oxygen atoms in total. The Morgan fingerprint density at radius 2 is 2.00 bits per heavy atom. The fourth-order valence-electron chi connectivity index (χ4n) is 1.19. The van der Waals surface area contributed by atoms with E-state index in [-0.39, 0.29) is 0 Å². The number of allylic oxidation sites excluding steroid dienone is 1. The van der Waals surface area contributed by atoms with Crippen molar-refractivity contribution in [1.82, 2.24) is 0 Å². The molecule has 0 fully saturated rings. The topological polar surface area (TPSA) is 0 Å². The molecule has 2 heteroatoms. The van der Waals surface area contributed by atoms with Crippen LogP contribution < -0.4 is 0 Å². The first-order valence-electron chi connectivity index (χ1n) is 5.68. The van der Waals surface area contributed by atoms with Gasteiger partial charge in [0.2, 0.25) is 0 Å². The van der Waals surface area contributed by atoms with Crippen molar-refractivity contribution >= 4 is 26.7 Å². The summed E-state index contributed by atoms with van der Waals surface area (Å²) in [6, 6.07) is 10.7. The van der Waals surface area contributed by atoms with Gasteiger partial charge in [-0.15, -0.1) is 0 Å². The van der Waals surface area contributed by atoms with Gasteiger partial charge in [-0.3, -0.25) is 0 Å². The molecule has 1 rings (SSSR count). The molecule has 0 aliphatic heterocycles. The van der Waals surface area contributed by atoms with Crippen LogP contribution in [-0.2, 0) is 5.75 Å². The monoisotopic (exact) mass is 300 g/mol. The van der Waals surface area contributed by atoms with Crippen molar-refractivity contribution in [1.29, 1.82) is 0 Å². The third-order valence-corrected chi connectivity index (χ3v) is 7.21. The summed E-state index contributed by atoms with van der Waals surface area (Å²) in [5.74, 6) is 1.94. The van der Waals surface area contributed by atoms with Crippen molar-refractivity contribution in [3.8, 4) is 0 Å². The predicted molar refractivity (Wildman–Crippen MR) is 76.9 cm³/mol. The number of thioether (sulfide) groups is 1. The van der Waals surface area contributed by atoms with Gasteiger partial charge in [0.1, 0.15) is 0 Å². The molecule has 0 N–H and O–H groups in total.